The van der Waals surface area contributed by atoms with Gasteiger partial charge in [0.25, 0.3) is 0 Å². The molecule has 2 heteroatoms. The first-order valence-electron chi connectivity index (χ1n) is 4.97. The summed E-state index contributed by atoms with van der Waals surface area (Å²) in [6.45, 7) is 9.20. The quantitative estimate of drug-likeness (QED) is 0.729. The summed E-state index contributed by atoms with van der Waals surface area (Å²) in [6.07, 6.45) is 2.55. The monoisotopic (exact) mass is 187 g/mol. The topological polar surface area (TPSA) is 12.0 Å². The smallest absolute Gasteiger partial charge is 0.0622 e. The van der Waals surface area contributed by atoms with Crippen molar-refractivity contribution >= 4 is 11.8 Å². The van der Waals surface area contributed by atoms with Crippen LogP contribution in [0.25, 0.3) is 0 Å². The Bertz CT molecular complexity index is 147. The molecule has 0 aliphatic carbocycles. The lowest BCUT2D eigenvalue weighted by Crippen LogP contribution is -2.39. The minimum Gasteiger partial charge on any atom is -0.299 e. The van der Waals surface area contributed by atoms with E-state index in [4.69, 9.17) is 0 Å². The van der Waals surface area contributed by atoms with Crippen LogP contribution >= 0.6 is 11.8 Å². The molecule has 0 radical (unpaired) electrons. The van der Waals surface area contributed by atoms with E-state index >= 15 is 0 Å². The fraction of sp³-hybridized carbons (Fsp3) is 1.00. The first-order valence-corrected chi connectivity index (χ1v) is 5.96. The molecule has 1 fully saturated rings. The van der Waals surface area contributed by atoms with Crippen LogP contribution in [0.2, 0.25) is 0 Å². The predicted molar refractivity (Wildman–Crippen MR) is 57.5 cm³/mol. The van der Waals surface area contributed by atoms with Crippen molar-refractivity contribution in [1.29, 1.82) is 0 Å². The van der Waals surface area contributed by atoms with Gasteiger partial charge in [0.2, 0.25) is 0 Å². The zero-order valence-electron chi connectivity index (χ0n) is 8.68. The van der Waals surface area contributed by atoms with Crippen LogP contribution < -0.4 is 5.32 Å². The molecule has 0 spiro atoms. The SMILES string of the molecule is CCC1CSC(C)(CC(C)C)N1. The van der Waals surface area contributed by atoms with Crippen molar-refractivity contribution in [2.75, 3.05) is 5.75 Å². The lowest BCUT2D eigenvalue weighted by molar-refractivity contribution is 0.387. The van der Waals surface area contributed by atoms with Gasteiger partial charge in [-0.2, -0.15) is 0 Å². The van der Waals surface area contributed by atoms with Gasteiger partial charge >= 0.3 is 0 Å². The van der Waals surface area contributed by atoms with E-state index in [0.717, 1.165) is 12.0 Å². The highest BCUT2D eigenvalue weighted by Crippen LogP contribution is 2.35. The fourth-order valence-electron chi connectivity index (χ4n) is 1.92. The third-order valence-corrected chi connectivity index (χ3v) is 3.89. The summed E-state index contributed by atoms with van der Waals surface area (Å²) in [6, 6.07) is 0.749. The second-order valence-electron chi connectivity index (χ2n) is 4.39. The first kappa shape index (κ1) is 10.4. The van der Waals surface area contributed by atoms with Gasteiger partial charge in [-0.25, -0.2) is 0 Å². The van der Waals surface area contributed by atoms with Crippen molar-refractivity contribution in [3.63, 3.8) is 0 Å². The molecule has 1 N–H and O–H groups in total. The highest BCUT2D eigenvalue weighted by atomic mass is 32.2. The Morgan fingerprint density at radius 2 is 2.25 bits per heavy atom. The number of nitrogens with one attached hydrogen (secondary N) is 1. The molecule has 0 bridgehead atoms. The highest BCUT2D eigenvalue weighted by molar-refractivity contribution is 8.00. The molecule has 0 aromatic carbocycles. The van der Waals surface area contributed by atoms with Crippen molar-refractivity contribution in [3.8, 4) is 0 Å². The normalized spacial score (nSPS) is 36.2. The van der Waals surface area contributed by atoms with Crippen LogP contribution in [0, 0.1) is 5.92 Å². The Hall–Kier alpha value is 0.310. The van der Waals surface area contributed by atoms with Gasteiger partial charge in [-0.05, 0) is 25.7 Å². The number of hydrogen-bond acceptors (Lipinski definition) is 2. The van der Waals surface area contributed by atoms with E-state index < -0.39 is 0 Å². The molecule has 1 aliphatic rings. The number of rotatable bonds is 3. The van der Waals surface area contributed by atoms with Crippen LogP contribution in [-0.2, 0) is 0 Å². The van der Waals surface area contributed by atoms with Gasteiger partial charge < -0.3 is 0 Å². The van der Waals surface area contributed by atoms with Gasteiger partial charge in [0.15, 0.2) is 0 Å². The summed E-state index contributed by atoms with van der Waals surface area (Å²) < 4.78 is 0. The Kier molecular flexibility index (Phi) is 3.47. The molecule has 0 aromatic rings. The molecule has 0 aromatic heterocycles. The van der Waals surface area contributed by atoms with Crippen molar-refractivity contribution < 1.29 is 0 Å². The third kappa shape index (κ3) is 2.67. The zero-order chi connectivity index (χ0) is 9.19. The Balaban J connectivity index is 2.41. The molecule has 0 saturated carbocycles. The van der Waals surface area contributed by atoms with Crippen molar-refractivity contribution in [2.24, 2.45) is 5.92 Å². The predicted octanol–water partition coefficient (Wildman–Crippen LogP) is 2.86. The summed E-state index contributed by atoms with van der Waals surface area (Å²) in [4.78, 5) is 0.356. The lowest BCUT2D eigenvalue weighted by atomic mass is 10.0. The summed E-state index contributed by atoms with van der Waals surface area (Å²) in [7, 11) is 0. The second kappa shape index (κ2) is 4.01. The maximum absolute atomic E-state index is 3.71. The van der Waals surface area contributed by atoms with Crippen molar-refractivity contribution in [2.45, 2.75) is 51.4 Å². The summed E-state index contributed by atoms with van der Waals surface area (Å²) in [5, 5.41) is 3.71. The maximum Gasteiger partial charge on any atom is 0.0622 e. The van der Waals surface area contributed by atoms with Gasteiger partial charge in [-0.15, -0.1) is 11.8 Å². The van der Waals surface area contributed by atoms with E-state index in [-0.39, 0.29) is 0 Å². The Morgan fingerprint density at radius 1 is 1.58 bits per heavy atom. The average molecular weight is 187 g/mol. The summed E-state index contributed by atoms with van der Waals surface area (Å²) in [5.41, 5.74) is 0. The van der Waals surface area contributed by atoms with Gasteiger partial charge in [0.05, 0.1) is 4.87 Å². The van der Waals surface area contributed by atoms with E-state index in [1.807, 2.05) is 0 Å². The van der Waals surface area contributed by atoms with Crippen LogP contribution in [0.4, 0.5) is 0 Å². The summed E-state index contributed by atoms with van der Waals surface area (Å²) >= 11 is 2.09. The van der Waals surface area contributed by atoms with Crippen LogP contribution in [0.1, 0.15) is 40.5 Å². The van der Waals surface area contributed by atoms with Crippen LogP contribution in [-0.4, -0.2) is 16.7 Å². The maximum atomic E-state index is 3.71. The zero-order valence-corrected chi connectivity index (χ0v) is 9.50. The van der Waals surface area contributed by atoms with Crippen LogP contribution in [0.5, 0.6) is 0 Å². The Labute approximate surface area is 80.7 Å². The van der Waals surface area contributed by atoms with E-state index in [0.29, 0.717) is 4.87 Å². The molecule has 2 unspecified atom stereocenters. The lowest BCUT2D eigenvalue weighted by Gasteiger charge is -2.26. The van der Waals surface area contributed by atoms with Crippen LogP contribution in [0.15, 0.2) is 0 Å². The Morgan fingerprint density at radius 3 is 2.67 bits per heavy atom. The third-order valence-electron chi connectivity index (χ3n) is 2.40. The van der Waals surface area contributed by atoms with Gasteiger partial charge in [0.1, 0.15) is 0 Å². The molecule has 12 heavy (non-hydrogen) atoms. The van der Waals surface area contributed by atoms with E-state index in [1.165, 1.54) is 18.6 Å². The molecule has 1 saturated heterocycles. The first-order chi connectivity index (χ1) is 5.56. The number of hydrogen-bond donors (Lipinski definition) is 1. The second-order valence-corrected chi connectivity index (χ2v) is 5.91. The van der Waals surface area contributed by atoms with Crippen molar-refractivity contribution in [1.82, 2.24) is 5.32 Å². The van der Waals surface area contributed by atoms with E-state index in [1.54, 1.807) is 0 Å². The molecule has 1 heterocycles. The van der Waals surface area contributed by atoms with Crippen LogP contribution in [0.3, 0.4) is 0 Å². The standard InChI is InChI=1S/C10H21NS/c1-5-9-7-12-10(4,11-9)6-8(2)3/h8-9,11H,5-7H2,1-4H3. The number of thioether (sulfide) groups is 1. The molecule has 1 rings (SSSR count). The average Bonchev–Trinajstić information content (AvgIpc) is 2.30. The molecule has 2 atom stereocenters. The van der Waals surface area contributed by atoms with Gasteiger partial charge in [0, 0.05) is 11.8 Å². The molecular formula is C10H21NS. The fourth-order valence-corrected chi connectivity index (χ4v) is 3.51. The minimum atomic E-state index is 0.356. The molecule has 72 valence electrons. The molecule has 1 nitrogen and oxygen atoms in total. The van der Waals surface area contributed by atoms with E-state index in [9.17, 15) is 0 Å². The molecule has 1 aliphatic heterocycles. The summed E-state index contributed by atoms with van der Waals surface area (Å²) in [5.74, 6) is 2.09. The van der Waals surface area contributed by atoms with Gasteiger partial charge in [-0.1, -0.05) is 20.8 Å². The van der Waals surface area contributed by atoms with Crippen molar-refractivity contribution in [3.05, 3.63) is 0 Å². The molecular weight excluding hydrogens is 166 g/mol. The molecule has 0 amide bonds. The largest absolute Gasteiger partial charge is 0.299 e. The van der Waals surface area contributed by atoms with E-state index in [2.05, 4.69) is 44.8 Å². The minimum absolute atomic E-state index is 0.356. The van der Waals surface area contributed by atoms with Gasteiger partial charge in [-0.3, -0.25) is 5.32 Å². The highest BCUT2D eigenvalue weighted by Gasteiger charge is 2.34.